The second-order valence-corrected chi connectivity index (χ2v) is 4.16. The van der Waals surface area contributed by atoms with Crippen molar-refractivity contribution in [2.75, 3.05) is 20.3 Å². The highest BCUT2D eigenvalue weighted by molar-refractivity contribution is 9.10. The molecule has 0 aliphatic heterocycles. The minimum absolute atomic E-state index is 0.634. The minimum atomic E-state index is 0.634. The number of benzene rings is 1. The molecule has 0 radical (unpaired) electrons. The highest BCUT2D eigenvalue weighted by Crippen LogP contribution is 2.33. The van der Waals surface area contributed by atoms with Gasteiger partial charge in [0.25, 0.3) is 0 Å². The molecule has 0 spiro atoms. The van der Waals surface area contributed by atoms with Gasteiger partial charge in [0.15, 0.2) is 11.5 Å². The van der Waals surface area contributed by atoms with E-state index in [0.29, 0.717) is 6.61 Å². The number of methoxy groups -OCH3 is 1. The quantitative estimate of drug-likeness (QED) is 0.873. The second kappa shape index (κ2) is 6.76. The van der Waals surface area contributed by atoms with E-state index in [-0.39, 0.29) is 0 Å². The lowest BCUT2D eigenvalue weighted by Crippen LogP contribution is -2.12. The van der Waals surface area contributed by atoms with Crippen molar-refractivity contribution in [2.24, 2.45) is 0 Å². The largest absolute Gasteiger partial charge is 0.493 e. The zero-order chi connectivity index (χ0) is 12.0. The standard InChI is InChI=1S/C12H18BrNO2/c1-4-14-8-9-6-11(15-3)12(16-5-2)7-10(9)13/h6-7,14H,4-5,8H2,1-3H3. The van der Waals surface area contributed by atoms with Crippen LogP contribution < -0.4 is 14.8 Å². The lowest BCUT2D eigenvalue weighted by molar-refractivity contribution is 0.310. The van der Waals surface area contributed by atoms with Crippen LogP contribution in [0.2, 0.25) is 0 Å². The minimum Gasteiger partial charge on any atom is -0.493 e. The van der Waals surface area contributed by atoms with E-state index in [1.165, 1.54) is 5.56 Å². The van der Waals surface area contributed by atoms with Gasteiger partial charge in [-0.2, -0.15) is 0 Å². The van der Waals surface area contributed by atoms with E-state index in [0.717, 1.165) is 29.1 Å². The summed E-state index contributed by atoms with van der Waals surface area (Å²) in [5.41, 5.74) is 1.17. The van der Waals surface area contributed by atoms with Crippen LogP contribution in [0.5, 0.6) is 11.5 Å². The molecule has 0 atom stereocenters. The van der Waals surface area contributed by atoms with Crippen LogP contribution in [0.3, 0.4) is 0 Å². The van der Waals surface area contributed by atoms with Crippen molar-refractivity contribution in [1.82, 2.24) is 5.32 Å². The van der Waals surface area contributed by atoms with Crippen molar-refractivity contribution in [3.8, 4) is 11.5 Å². The van der Waals surface area contributed by atoms with Gasteiger partial charge in [-0.05, 0) is 31.2 Å². The molecule has 1 aromatic rings. The predicted molar refractivity (Wildman–Crippen MR) is 69.2 cm³/mol. The lowest BCUT2D eigenvalue weighted by atomic mass is 10.2. The third kappa shape index (κ3) is 3.39. The van der Waals surface area contributed by atoms with Gasteiger partial charge in [0.1, 0.15) is 0 Å². The molecular weight excluding hydrogens is 270 g/mol. The fourth-order valence-electron chi connectivity index (χ4n) is 1.40. The summed E-state index contributed by atoms with van der Waals surface area (Å²) in [6.07, 6.45) is 0. The summed E-state index contributed by atoms with van der Waals surface area (Å²) >= 11 is 3.54. The van der Waals surface area contributed by atoms with E-state index in [1.54, 1.807) is 7.11 Å². The van der Waals surface area contributed by atoms with Crippen molar-refractivity contribution in [2.45, 2.75) is 20.4 Å². The summed E-state index contributed by atoms with van der Waals surface area (Å²) in [5, 5.41) is 3.28. The van der Waals surface area contributed by atoms with Crippen molar-refractivity contribution in [3.05, 3.63) is 22.2 Å². The molecule has 0 saturated heterocycles. The molecule has 0 fully saturated rings. The van der Waals surface area contributed by atoms with Crippen LogP contribution in [0, 0.1) is 0 Å². The summed E-state index contributed by atoms with van der Waals surface area (Å²) in [6, 6.07) is 3.95. The molecular formula is C12H18BrNO2. The average molecular weight is 288 g/mol. The number of nitrogens with one attached hydrogen (secondary N) is 1. The lowest BCUT2D eigenvalue weighted by Gasteiger charge is -2.13. The first kappa shape index (κ1) is 13.3. The first-order valence-corrected chi connectivity index (χ1v) is 6.22. The van der Waals surface area contributed by atoms with Crippen LogP contribution in [0.4, 0.5) is 0 Å². The molecule has 16 heavy (non-hydrogen) atoms. The first-order valence-electron chi connectivity index (χ1n) is 5.42. The topological polar surface area (TPSA) is 30.5 Å². The molecule has 1 aromatic carbocycles. The number of hydrogen-bond donors (Lipinski definition) is 1. The van der Waals surface area contributed by atoms with Gasteiger partial charge in [-0.25, -0.2) is 0 Å². The average Bonchev–Trinajstić information content (AvgIpc) is 2.28. The van der Waals surface area contributed by atoms with Gasteiger partial charge < -0.3 is 14.8 Å². The van der Waals surface area contributed by atoms with Crippen molar-refractivity contribution >= 4 is 15.9 Å². The molecule has 0 unspecified atom stereocenters. The van der Waals surface area contributed by atoms with Gasteiger partial charge in [-0.3, -0.25) is 0 Å². The van der Waals surface area contributed by atoms with E-state index in [1.807, 2.05) is 19.1 Å². The summed E-state index contributed by atoms with van der Waals surface area (Å²) in [6.45, 7) is 6.44. The number of hydrogen-bond acceptors (Lipinski definition) is 3. The Morgan fingerprint density at radius 2 is 2.00 bits per heavy atom. The summed E-state index contributed by atoms with van der Waals surface area (Å²) in [5.74, 6) is 1.55. The summed E-state index contributed by atoms with van der Waals surface area (Å²) in [7, 11) is 1.66. The summed E-state index contributed by atoms with van der Waals surface area (Å²) < 4.78 is 11.8. The highest BCUT2D eigenvalue weighted by Gasteiger charge is 2.09. The molecule has 0 aliphatic carbocycles. The zero-order valence-corrected chi connectivity index (χ0v) is 11.6. The molecule has 0 heterocycles. The molecule has 0 aromatic heterocycles. The van der Waals surface area contributed by atoms with E-state index in [4.69, 9.17) is 9.47 Å². The molecule has 0 bridgehead atoms. The fourth-order valence-corrected chi connectivity index (χ4v) is 1.86. The SMILES string of the molecule is CCNCc1cc(OC)c(OCC)cc1Br. The Kier molecular flexibility index (Phi) is 5.63. The monoisotopic (exact) mass is 287 g/mol. The van der Waals surface area contributed by atoms with E-state index < -0.39 is 0 Å². The third-order valence-corrected chi connectivity index (χ3v) is 2.94. The fraction of sp³-hybridized carbons (Fsp3) is 0.500. The maximum Gasteiger partial charge on any atom is 0.162 e. The van der Waals surface area contributed by atoms with Gasteiger partial charge in [-0.15, -0.1) is 0 Å². The Balaban J connectivity index is 2.95. The van der Waals surface area contributed by atoms with Crippen molar-refractivity contribution in [3.63, 3.8) is 0 Å². The highest BCUT2D eigenvalue weighted by atomic mass is 79.9. The first-order chi connectivity index (χ1) is 7.72. The summed E-state index contributed by atoms with van der Waals surface area (Å²) in [4.78, 5) is 0. The van der Waals surface area contributed by atoms with Gasteiger partial charge in [0.05, 0.1) is 13.7 Å². The van der Waals surface area contributed by atoms with Gasteiger partial charge >= 0.3 is 0 Å². The van der Waals surface area contributed by atoms with Crippen molar-refractivity contribution in [1.29, 1.82) is 0 Å². The van der Waals surface area contributed by atoms with Crippen molar-refractivity contribution < 1.29 is 9.47 Å². The van der Waals surface area contributed by atoms with Crippen LogP contribution in [0.25, 0.3) is 0 Å². The predicted octanol–water partition coefficient (Wildman–Crippen LogP) is 2.97. The number of halogens is 1. The van der Waals surface area contributed by atoms with Crippen LogP contribution in [-0.4, -0.2) is 20.3 Å². The molecule has 3 nitrogen and oxygen atoms in total. The Morgan fingerprint density at radius 1 is 1.25 bits per heavy atom. The Bertz CT molecular complexity index is 342. The van der Waals surface area contributed by atoms with E-state index >= 15 is 0 Å². The maximum atomic E-state index is 5.49. The molecule has 0 amide bonds. The zero-order valence-electron chi connectivity index (χ0n) is 9.97. The van der Waals surface area contributed by atoms with Crippen LogP contribution in [-0.2, 0) is 6.54 Å². The third-order valence-electron chi connectivity index (χ3n) is 2.20. The smallest absolute Gasteiger partial charge is 0.162 e. The van der Waals surface area contributed by atoms with E-state index in [2.05, 4.69) is 28.2 Å². The maximum absolute atomic E-state index is 5.49. The molecule has 1 N–H and O–H groups in total. The van der Waals surface area contributed by atoms with E-state index in [9.17, 15) is 0 Å². The number of ether oxygens (including phenoxy) is 2. The van der Waals surface area contributed by atoms with Crippen LogP contribution in [0.1, 0.15) is 19.4 Å². The molecule has 4 heteroatoms. The number of rotatable bonds is 6. The van der Waals surface area contributed by atoms with Gasteiger partial charge in [0, 0.05) is 11.0 Å². The molecule has 1 rings (SSSR count). The Labute approximate surface area is 105 Å². The molecule has 0 saturated carbocycles. The Hall–Kier alpha value is -0.740. The van der Waals surface area contributed by atoms with Gasteiger partial charge in [-0.1, -0.05) is 22.9 Å². The van der Waals surface area contributed by atoms with Crippen LogP contribution >= 0.6 is 15.9 Å². The normalized spacial score (nSPS) is 10.2. The Morgan fingerprint density at radius 3 is 2.56 bits per heavy atom. The molecule has 90 valence electrons. The molecule has 0 aliphatic rings. The van der Waals surface area contributed by atoms with Gasteiger partial charge in [0.2, 0.25) is 0 Å². The second-order valence-electron chi connectivity index (χ2n) is 3.31. The van der Waals surface area contributed by atoms with Crippen LogP contribution in [0.15, 0.2) is 16.6 Å².